The highest BCUT2D eigenvalue weighted by molar-refractivity contribution is 5.70. The summed E-state index contributed by atoms with van der Waals surface area (Å²) in [5.74, 6) is -1.80. The van der Waals surface area contributed by atoms with E-state index in [1.54, 1.807) is 21.1 Å². The maximum absolute atomic E-state index is 12.7. The van der Waals surface area contributed by atoms with E-state index in [-0.39, 0.29) is 42.7 Å². The lowest BCUT2D eigenvalue weighted by Crippen LogP contribution is -2.55. The van der Waals surface area contributed by atoms with Gasteiger partial charge in [0, 0.05) is 19.3 Å². The van der Waals surface area contributed by atoms with E-state index in [2.05, 4.69) is 86.8 Å². The highest BCUT2D eigenvalue weighted by atomic mass is 16.6. The molecule has 0 bridgehead atoms. The first-order valence-electron chi connectivity index (χ1n) is 21.5. The maximum Gasteiger partial charge on any atom is 0.306 e. The fourth-order valence-electron chi connectivity index (χ4n) is 5.74. The fraction of sp³-hybridized carbons (Fsp3) is 0.681. The summed E-state index contributed by atoms with van der Waals surface area (Å²) in [6.45, 7) is 4.46. The van der Waals surface area contributed by atoms with Gasteiger partial charge in [-0.05, 0) is 83.5 Å². The highest BCUT2D eigenvalue weighted by Gasteiger charge is 2.25. The molecule has 0 amide bonds. The summed E-state index contributed by atoms with van der Waals surface area (Å²) in [6, 6.07) is -0.735. The average molecular weight is 770 g/mol. The van der Waals surface area contributed by atoms with Gasteiger partial charge in [0.15, 0.2) is 6.10 Å². The number of rotatable bonds is 37. The molecule has 2 unspecified atom stereocenters. The SMILES string of the molecule is CC/C=C/C/C=C/C/C=C/C/C=C/C/C=C/CCCCCC(=O)OCC(COCCC(C(=O)[O-])[N+](C)(C)C)OC(=O)CCCCCCC/C=C/CCCCC. The standard InChI is InChI=1S/C47H79NO7/c1-6-8-10-12-14-16-18-20-21-22-23-24-25-26-28-29-31-33-35-37-45(49)54-42-43(41-53-40-39-44(47(51)52)48(3,4)5)55-46(50)38-36-34-32-30-27-19-17-15-13-11-9-7-2/h8,10,14-17,20-21,23-24,26,28,43-44H,6-7,9,11-13,18-19,22,25,27,29-42H2,1-5H3/b10-8+,16-14+,17-15+,21-20+,24-23+,28-26+. The van der Waals surface area contributed by atoms with Crippen LogP contribution in [0.5, 0.6) is 0 Å². The van der Waals surface area contributed by atoms with E-state index < -0.39 is 18.1 Å². The Morgan fingerprint density at radius 1 is 0.564 bits per heavy atom. The first kappa shape index (κ1) is 51.8. The van der Waals surface area contributed by atoms with Gasteiger partial charge in [-0.1, -0.05) is 125 Å². The van der Waals surface area contributed by atoms with Crippen LogP contribution in [0.3, 0.4) is 0 Å². The van der Waals surface area contributed by atoms with Crippen molar-refractivity contribution in [3.63, 3.8) is 0 Å². The molecule has 0 aliphatic carbocycles. The van der Waals surface area contributed by atoms with E-state index in [0.717, 1.165) is 96.3 Å². The lowest BCUT2D eigenvalue weighted by Gasteiger charge is -2.34. The molecule has 0 aromatic rings. The summed E-state index contributed by atoms with van der Waals surface area (Å²) in [5, 5.41) is 11.6. The Labute approximate surface area is 336 Å². The van der Waals surface area contributed by atoms with Crippen molar-refractivity contribution in [1.29, 1.82) is 0 Å². The Kier molecular flexibility index (Phi) is 35.5. The zero-order chi connectivity index (χ0) is 40.7. The summed E-state index contributed by atoms with van der Waals surface area (Å²) in [5.41, 5.74) is 0. The molecule has 0 rings (SSSR count). The minimum Gasteiger partial charge on any atom is -0.544 e. The van der Waals surface area contributed by atoms with Crippen molar-refractivity contribution < 1.29 is 38.2 Å². The summed E-state index contributed by atoms with van der Waals surface area (Å²) in [6.07, 6.45) is 46.4. The summed E-state index contributed by atoms with van der Waals surface area (Å²) < 4.78 is 17.1. The molecule has 2 atom stereocenters. The second-order valence-electron chi connectivity index (χ2n) is 15.2. The lowest BCUT2D eigenvalue weighted by molar-refractivity contribution is -0.889. The number of carbonyl (C=O) groups is 3. The van der Waals surface area contributed by atoms with Crippen molar-refractivity contribution in [3.8, 4) is 0 Å². The van der Waals surface area contributed by atoms with Crippen molar-refractivity contribution in [2.75, 3.05) is 41.0 Å². The summed E-state index contributed by atoms with van der Waals surface area (Å²) in [7, 11) is 5.38. The third-order valence-electron chi connectivity index (χ3n) is 9.08. The van der Waals surface area contributed by atoms with E-state index in [4.69, 9.17) is 14.2 Å². The zero-order valence-corrected chi connectivity index (χ0v) is 35.6. The van der Waals surface area contributed by atoms with Crippen LogP contribution in [0.2, 0.25) is 0 Å². The van der Waals surface area contributed by atoms with Crippen LogP contribution in [0.15, 0.2) is 72.9 Å². The number of hydrogen-bond acceptors (Lipinski definition) is 7. The number of likely N-dealkylation sites (N-methyl/N-ethyl adjacent to an activating group) is 1. The quantitative estimate of drug-likeness (QED) is 0.0268. The number of unbranched alkanes of at least 4 members (excludes halogenated alkanes) is 11. The molecule has 314 valence electrons. The van der Waals surface area contributed by atoms with Crippen LogP contribution >= 0.6 is 0 Å². The number of aliphatic carboxylic acids is 1. The van der Waals surface area contributed by atoms with Gasteiger partial charge >= 0.3 is 11.9 Å². The van der Waals surface area contributed by atoms with Gasteiger partial charge in [-0.15, -0.1) is 0 Å². The minimum absolute atomic E-state index is 0.0230. The number of ether oxygens (including phenoxy) is 3. The molecule has 8 nitrogen and oxygen atoms in total. The largest absolute Gasteiger partial charge is 0.544 e. The molecule has 0 N–H and O–H groups in total. The number of carbonyl (C=O) groups excluding carboxylic acids is 3. The molecular formula is C47H79NO7. The van der Waals surface area contributed by atoms with Crippen molar-refractivity contribution in [3.05, 3.63) is 72.9 Å². The third-order valence-corrected chi connectivity index (χ3v) is 9.08. The molecule has 0 saturated carbocycles. The van der Waals surface area contributed by atoms with Gasteiger partial charge in [-0.3, -0.25) is 9.59 Å². The molecule has 8 heteroatoms. The van der Waals surface area contributed by atoms with Crippen molar-refractivity contribution in [2.24, 2.45) is 0 Å². The predicted octanol–water partition coefficient (Wildman–Crippen LogP) is 10.2. The summed E-state index contributed by atoms with van der Waals surface area (Å²) >= 11 is 0. The predicted molar refractivity (Wildman–Crippen MR) is 226 cm³/mol. The lowest BCUT2D eigenvalue weighted by atomic mass is 10.1. The molecule has 0 fully saturated rings. The smallest absolute Gasteiger partial charge is 0.306 e. The zero-order valence-electron chi connectivity index (χ0n) is 35.6. The van der Waals surface area contributed by atoms with Crippen molar-refractivity contribution >= 4 is 17.9 Å². The second kappa shape index (κ2) is 37.7. The Bertz CT molecular complexity index is 1130. The maximum atomic E-state index is 12.7. The number of allylic oxidation sites excluding steroid dienone is 12. The first-order chi connectivity index (χ1) is 26.6. The number of nitrogens with zero attached hydrogens (tertiary/aromatic N) is 1. The normalized spacial score (nSPS) is 13.7. The molecule has 0 heterocycles. The van der Waals surface area contributed by atoms with E-state index in [9.17, 15) is 19.5 Å². The number of hydrogen-bond donors (Lipinski definition) is 0. The Morgan fingerprint density at radius 2 is 1.02 bits per heavy atom. The van der Waals surface area contributed by atoms with Gasteiger partial charge in [0.2, 0.25) is 0 Å². The topological polar surface area (TPSA) is 102 Å². The van der Waals surface area contributed by atoms with Crippen LogP contribution in [-0.2, 0) is 28.6 Å². The van der Waals surface area contributed by atoms with Crippen molar-refractivity contribution in [1.82, 2.24) is 0 Å². The number of esters is 2. The van der Waals surface area contributed by atoms with Gasteiger partial charge in [0.05, 0.1) is 40.3 Å². The molecule has 0 spiro atoms. The van der Waals surface area contributed by atoms with E-state index in [1.165, 1.54) is 25.7 Å². The van der Waals surface area contributed by atoms with Gasteiger partial charge in [0.1, 0.15) is 12.6 Å². The van der Waals surface area contributed by atoms with E-state index in [1.807, 2.05) is 0 Å². The molecule has 0 aliphatic rings. The van der Waals surface area contributed by atoms with Crippen LogP contribution in [0, 0.1) is 0 Å². The van der Waals surface area contributed by atoms with Gasteiger partial charge in [0.25, 0.3) is 0 Å². The van der Waals surface area contributed by atoms with Gasteiger partial charge in [-0.25, -0.2) is 0 Å². The van der Waals surface area contributed by atoms with Gasteiger partial charge < -0.3 is 28.6 Å². The van der Waals surface area contributed by atoms with Crippen LogP contribution < -0.4 is 5.11 Å². The summed E-state index contributed by atoms with van der Waals surface area (Å²) in [4.78, 5) is 36.8. The molecule has 0 radical (unpaired) electrons. The van der Waals surface area contributed by atoms with Crippen LogP contribution in [0.25, 0.3) is 0 Å². The Hall–Kier alpha value is -3.23. The number of quaternary nitrogens is 1. The third kappa shape index (κ3) is 36.2. The number of carboxylic acids is 1. The van der Waals surface area contributed by atoms with Crippen molar-refractivity contribution in [2.45, 2.75) is 167 Å². The Balaban J connectivity index is 4.43. The number of carboxylic acid groups (broad SMARTS) is 1. The highest BCUT2D eigenvalue weighted by Crippen LogP contribution is 2.12. The average Bonchev–Trinajstić information content (AvgIpc) is 3.14. The molecule has 0 saturated heterocycles. The molecule has 0 aliphatic heterocycles. The molecule has 55 heavy (non-hydrogen) atoms. The monoisotopic (exact) mass is 770 g/mol. The molecule has 0 aromatic carbocycles. The molecule has 0 aromatic heterocycles. The van der Waals surface area contributed by atoms with Crippen LogP contribution in [0.1, 0.15) is 155 Å². The second-order valence-corrected chi connectivity index (χ2v) is 15.2. The minimum atomic E-state index is -1.13. The first-order valence-corrected chi connectivity index (χ1v) is 21.5. The van der Waals surface area contributed by atoms with E-state index in [0.29, 0.717) is 12.8 Å². The van der Waals surface area contributed by atoms with E-state index >= 15 is 0 Å². The van der Waals surface area contributed by atoms with Crippen LogP contribution in [0.4, 0.5) is 0 Å². The van der Waals surface area contributed by atoms with Crippen LogP contribution in [-0.4, -0.2) is 75.5 Å². The Morgan fingerprint density at radius 3 is 1.55 bits per heavy atom. The molecular weight excluding hydrogens is 691 g/mol. The fourth-order valence-corrected chi connectivity index (χ4v) is 5.74. The van der Waals surface area contributed by atoms with Gasteiger partial charge in [-0.2, -0.15) is 0 Å².